The number of benzene rings is 1. The van der Waals surface area contributed by atoms with Crippen LogP contribution in [0.15, 0.2) is 24.3 Å². The molecule has 1 N–H and O–H groups in total. The van der Waals surface area contributed by atoms with Crippen molar-refractivity contribution in [1.29, 1.82) is 0 Å². The number of aliphatic hydroxyl groups is 1. The van der Waals surface area contributed by atoms with E-state index in [1.165, 1.54) is 56.9 Å². The zero-order valence-electron chi connectivity index (χ0n) is 15.0. The Labute approximate surface area is 147 Å². The summed E-state index contributed by atoms with van der Waals surface area (Å²) in [4.78, 5) is 0. The molecule has 1 aromatic rings. The van der Waals surface area contributed by atoms with Gasteiger partial charge in [0.15, 0.2) is 0 Å². The molecule has 0 amide bonds. The molecular formula is C21H30BO2. The molecule has 3 heteroatoms. The molecule has 2 aliphatic rings. The molecule has 1 aromatic carbocycles. The van der Waals surface area contributed by atoms with Crippen LogP contribution in [0.1, 0.15) is 76.2 Å². The molecule has 0 saturated heterocycles. The summed E-state index contributed by atoms with van der Waals surface area (Å²) in [6.45, 7) is 2.92. The van der Waals surface area contributed by atoms with Crippen molar-refractivity contribution in [2.45, 2.75) is 70.6 Å². The van der Waals surface area contributed by atoms with E-state index < -0.39 is 0 Å². The second kappa shape index (κ2) is 7.76. The Bertz CT molecular complexity index is 535. The van der Waals surface area contributed by atoms with Crippen LogP contribution in [0, 0.1) is 11.3 Å². The van der Waals surface area contributed by atoms with Gasteiger partial charge >= 0.3 is 116 Å². The fourth-order valence-corrected chi connectivity index (χ4v) is 4.62. The predicted octanol–water partition coefficient (Wildman–Crippen LogP) is 4.98. The molecule has 0 aliphatic heterocycles. The van der Waals surface area contributed by atoms with E-state index >= 15 is 0 Å². The Kier molecular flexibility index (Phi) is 5.68. The van der Waals surface area contributed by atoms with Crippen LogP contribution < -0.4 is 4.74 Å². The molecule has 2 fully saturated rings. The van der Waals surface area contributed by atoms with Crippen LogP contribution in [0.5, 0.6) is 5.75 Å². The Balaban J connectivity index is 1.44. The number of hydrogen-bond acceptors (Lipinski definition) is 2. The summed E-state index contributed by atoms with van der Waals surface area (Å²) in [6.07, 6.45) is 11.8. The molecule has 129 valence electrons. The minimum absolute atomic E-state index is 0.000148. The van der Waals surface area contributed by atoms with Crippen LogP contribution in [0.2, 0.25) is 0 Å². The molecule has 2 saturated carbocycles. The van der Waals surface area contributed by atoms with Crippen molar-refractivity contribution in [3.63, 3.8) is 0 Å². The summed E-state index contributed by atoms with van der Waals surface area (Å²) in [5, 5.41) is 9.21. The van der Waals surface area contributed by atoms with Crippen LogP contribution in [-0.2, 0) is 0 Å². The molecule has 3 rings (SSSR count). The van der Waals surface area contributed by atoms with Gasteiger partial charge in [-0.3, -0.25) is 0 Å². The summed E-state index contributed by atoms with van der Waals surface area (Å²) in [7, 11) is 5.38. The van der Waals surface area contributed by atoms with Crippen molar-refractivity contribution in [3.05, 3.63) is 29.8 Å². The van der Waals surface area contributed by atoms with Crippen molar-refractivity contribution in [2.75, 3.05) is 6.61 Å². The Morgan fingerprint density at radius 3 is 2.38 bits per heavy atom. The number of rotatable bonds is 6. The summed E-state index contributed by atoms with van der Waals surface area (Å²) in [5.74, 6) is 1.90. The standard InChI is InChI=1S/C21H30BO2/c1-16(14-20(22)23)18-4-6-19(7-5-18)24-15-17-8-12-21(13-9-17)10-2-3-11-21/h4-7,16-17,23H,2-3,8-15H2,1H3/t16-/m0/s1. The first-order valence-corrected chi connectivity index (χ1v) is 9.59. The van der Waals surface area contributed by atoms with Gasteiger partial charge in [-0.2, -0.15) is 0 Å². The van der Waals surface area contributed by atoms with Gasteiger partial charge in [0.2, 0.25) is 0 Å². The number of ether oxygens (including phenoxy) is 1. The zero-order valence-corrected chi connectivity index (χ0v) is 15.0. The van der Waals surface area contributed by atoms with Gasteiger partial charge in [0.1, 0.15) is 0 Å². The Morgan fingerprint density at radius 1 is 1.17 bits per heavy atom. The van der Waals surface area contributed by atoms with E-state index in [1.807, 2.05) is 12.1 Å². The molecule has 1 spiro atoms. The topological polar surface area (TPSA) is 29.5 Å². The summed E-state index contributed by atoms with van der Waals surface area (Å²) < 4.78 is 6.03. The maximum atomic E-state index is 9.21. The average molecular weight is 325 g/mol. The predicted molar refractivity (Wildman–Crippen MR) is 101 cm³/mol. The molecule has 1 atom stereocenters. The molecule has 0 bridgehead atoms. The first-order valence-electron chi connectivity index (χ1n) is 9.59. The van der Waals surface area contributed by atoms with Crippen molar-refractivity contribution in [1.82, 2.24) is 0 Å². The van der Waals surface area contributed by atoms with Crippen molar-refractivity contribution in [2.24, 2.45) is 11.3 Å². The van der Waals surface area contributed by atoms with Gasteiger partial charge in [0, 0.05) is 0 Å². The number of aliphatic hydroxyl groups excluding tert-OH is 1. The molecular weight excluding hydrogens is 295 g/mol. The third-order valence-electron chi connectivity index (χ3n) is 6.28. The van der Waals surface area contributed by atoms with E-state index in [9.17, 15) is 5.11 Å². The van der Waals surface area contributed by atoms with Gasteiger partial charge in [0.25, 0.3) is 0 Å². The van der Waals surface area contributed by atoms with Gasteiger partial charge in [-0.25, -0.2) is 0 Å². The second-order valence-electron chi connectivity index (χ2n) is 8.13. The van der Waals surface area contributed by atoms with Gasteiger partial charge in [-0.1, -0.05) is 12.8 Å². The fourth-order valence-electron chi connectivity index (χ4n) is 4.62. The van der Waals surface area contributed by atoms with Gasteiger partial charge in [-0.05, 0) is 18.3 Å². The van der Waals surface area contributed by atoms with Crippen LogP contribution in [-0.4, -0.2) is 24.9 Å². The van der Waals surface area contributed by atoms with E-state index in [4.69, 9.17) is 12.2 Å². The molecule has 0 unspecified atom stereocenters. The van der Waals surface area contributed by atoms with Crippen molar-refractivity contribution in [3.8, 4) is 5.75 Å². The first kappa shape index (κ1) is 17.6. The second-order valence-corrected chi connectivity index (χ2v) is 8.13. The fraction of sp³-hybridized carbons (Fsp3) is 0.667. The quantitative estimate of drug-likeness (QED) is 0.748. The monoisotopic (exact) mass is 325 g/mol. The molecule has 0 heterocycles. The summed E-state index contributed by atoms with van der Waals surface area (Å²) in [6, 6.07) is 8.25. The SMILES string of the molecule is [B]=C(O)C[C@H](C)c1ccc(OCC2CCC3(CCCC3)CC2)cc1. The van der Waals surface area contributed by atoms with E-state index in [2.05, 4.69) is 19.1 Å². The van der Waals surface area contributed by atoms with Crippen molar-refractivity contribution < 1.29 is 9.84 Å². The Morgan fingerprint density at radius 2 is 1.79 bits per heavy atom. The van der Waals surface area contributed by atoms with E-state index in [-0.39, 0.29) is 11.6 Å². The van der Waals surface area contributed by atoms with Crippen LogP contribution in [0.4, 0.5) is 0 Å². The maximum absolute atomic E-state index is 9.21. The minimum atomic E-state index is 0.000148. The van der Waals surface area contributed by atoms with Gasteiger partial charge in [-0.15, -0.1) is 0 Å². The molecule has 24 heavy (non-hydrogen) atoms. The van der Waals surface area contributed by atoms with Crippen LogP contribution in [0.3, 0.4) is 0 Å². The number of hydrogen-bond donors (Lipinski definition) is 1. The molecule has 0 aromatic heterocycles. The van der Waals surface area contributed by atoms with Crippen molar-refractivity contribution >= 4 is 13.1 Å². The van der Waals surface area contributed by atoms with Gasteiger partial charge < -0.3 is 0 Å². The molecule has 1 radical (unpaired) electrons. The van der Waals surface area contributed by atoms with E-state index in [0.29, 0.717) is 11.8 Å². The first-order chi connectivity index (χ1) is 11.6. The third-order valence-corrected chi connectivity index (χ3v) is 6.28. The molecule has 2 aliphatic carbocycles. The third kappa shape index (κ3) is 4.43. The molecule has 2 nitrogen and oxygen atoms in total. The Hall–Kier alpha value is -1.25. The van der Waals surface area contributed by atoms with Crippen LogP contribution in [0.25, 0.3) is 0 Å². The van der Waals surface area contributed by atoms with E-state index in [1.54, 1.807) is 0 Å². The normalized spacial score (nSPS) is 21.7. The van der Waals surface area contributed by atoms with Crippen LogP contribution >= 0.6 is 0 Å². The average Bonchev–Trinajstić information content (AvgIpc) is 3.02. The van der Waals surface area contributed by atoms with E-state index in [0.717, 1.165) is 18.3 Å². The zero-order chi connectivity index (χ0) is 17.0. The summed E-state index contributed by atoms with van der Waals surface area (Å²) >= 11 is 0. The van der Waals surface area contributed by atoms with Gasteiger partial charge in [0.05, 0.1) is 0 Å². The summed E-state index contributed by atoms with van der Waals surface area (Å²) in [5.41, 5.74) is 1.89.